The summed E-state index contributed by atoms with van der Waals surface area (Å²) in [6.07, 6.45) is 4.31. The SMILES string of the molecule is Cc1cccc(CCC(=O)Nc2ccc(CNC(=O)c3cccnc3)cc2)c1. The van der Waals surface area contributed by atoms with Gasteiger partial charge in [0.15, 0.2) is 0 Å². The molecule has 0 saturated heterocycles. The van der Waals surface area contributed by atoms with E-state index in [0.717, 1.165) is 16.8 Å². The van der Waals surface area contributed by atoms with Gasteiger partial charge < -0.3 is 10.6 Å². The van der Waals surface area contributed by atoms with E-state index in [1.807, 2.05) is 49.4 Å². The maximum atomic E-state index is 12.2. The Morgan fingerprint density at radius 1 is 0.964 bits per heavy atom. The van der Waals surface area contributed by atoms with E-state index in [0.29, 0.717) is 24.9 Å². The molecule has 5 heteroatoms. The standard InChI is InChI=1S/C23H23N3O2/c1-17-4-2-5-18(14-17)9-12-22(27)26-21-10-7-19(8-11-21)15-25-23(28)20-6-3-13-24-16-20/h2-8,10-11,13-14,16H,9,12,15H2,1H3,(H,25,28)(H,26,27). The van der Waals surface area contributed by atoms with Gasteiger partial charge in [0.05, 0.1) is 5.56 Å². The minimum atomic E-state index is -0.165. The molecule has 0 aliphatic rings. The molecule has 28 heavy (non-hydrogen) atoms. The van der Waals surface area contributed by atoms with Crippen molar-refractivity contribution in [3.8, 4) is 0 Å². The van der Waals surface area contributed by atoms with Crippen molar-refractivity contribution in [2.45, 2.75) is 26.3 Å². The first-order valence-corrected chi connectivity index (χ1v) is 9.23. The summed E-state index contributed by atoms with van der Waals surface area (Å²) < 4.78 is 0. The second-order valence-electron chi connectivity index (χ2n) is 6.66. The number of hydrogen-bond acceptors (Lipinski definition) is 3. The quantitative estimate of drug-likeness (QED) is 0.660. The summed E-state index contributed by atoms with van der Waals surface area (Å²) >= 11 is 0. The summed E-state index contributed by atoms with van der Waals surface area (Å²) in [5.74, 6) is -0.180. The van der Waals surface area contributed by atoms with Crippen molar-refractivity contribution >= 4 is 17.5 Å². The molecule has 2 aromatic carbocycles. The zero-order chi connectivity index (χ0) is 19.8. The van der Waals surface area contributed by atoms with Crippen LogP contribution in [0.3, 0.4) is 0 Å². The molecule has 2 amide bonds. The van der Waals surface area contributed by atoms with Gasteiger partial charge in [-0.1, -0.05) is 42.0 Å². The molecule has 3 rings (SSSR count). The Balaban J connectivity index is 1.46. The summed E-state index contributed by atoms with van der Waals surface area (Å²) in [6, 6.07) is 19.1. The molecule has 0 bridgehead atoms. The lowest BCUT2D eigenvalue weighted by Gasteiger charge is -2.08. The Hall–Kier alpha value is -3.47. The molecule has 0 radical (unpaired) electrons. The highest BCUT2D eigenvalue weighted by atomic mass is 16.2. The van der Waals surface area contributed by atoms with Crippen LogP contribution in [-0.2, 0) is 17.8 Å². The van der Waals surface area contributed by atoms with E-state index < -0.39 is 0 Å². The molecule has 0 fully saturated rings. The van der Waals surface area contributed by atoms with Crippen LogP contribution in [0.5, 0.6) is 0 Å². The van der Waals surface area contributed by atoms with Gasteiger partial charge in [0, 0.05) is 31.0 Å². The number of carbonyl (C=O) groups is 2. The lowest BCUT2D eigenvalue weighted by atomic mass is 10.1. The first-order chi connectivity index (χ1) is 13.6. The van der Waals surface area contributed by atoms with Gasteiger partial charge in [0.25, 0.3) is 5.91 Å². The van der Waals surface area contributed by atoms with Gasteiger partial charge in [-0.15, -0.1) is 0 Å². The Labute approximate surface area is 164 Å². The Kier molecular flexibility index (Phi) is 6.52. The van der Waals surface area contributed by atoms with Crippen molar-refractivity contribution in [2.24, 2.45) is 0 Å². The van der Waals surface area contributed by atoms with Crippen LogP contribution in [0.1, 0.15) is 33.5 Å². The van der Waals surface area contributed by atoms with Gasteiger partial charge in [0.1, 0.15) is 0 Å². The summed E-state index contributed by atoms with van der Waals surface area (Å²) in [7, 11) is 0. The van der Waals surface area contributed by atoms with E-state index in [2.05, 4.69) is 21.7 Å². The van der Waals surface area contributed by atoms with Crippen LogP contribution in [0.15, 0.2) is 73.1 Å². The van der Waals surface area contributed by atoms with E-state index in [9.17, 15) is 9.59 Å². The number of amides is 2. The van der Waals surface area contributed by atoms with Gasteiger partial charge >= 0.3 is 0 Å². The van der Waals surface area contributed by atoms with E-state index in [-0.39, 0.29) is 11.8 Å². The summed E-state index contributed by atoms with van der Waals surface area (Å²) in [5, 5.41) is 5.76. The third-order valence-corrected chi connectivity index (χ3v) is 4.34. The number of aryl methyl sites for hydroxylation is 2. The lowest BCUT2D eigenvalue weighted by molar-refractivity contribution is -0.116. The molecule has 1 heterocycles. The summed E-state index contributed by atoms with van der Waals surface area (Å²) in [6.45, 7) is 2.46. The number of anilines is 1. The highest BCUT2D eigenvalue weighted by Gasteiger charge is 2.06. The Bertz CT molecular complexity index is 938. The van der Waals surface area contributed by atoms with E-state index in [1.54, 1.807) is 18.3 Å². The molecule has 0 spiro atoms. The fraction of sp³-hybridized carbons (Fsp3) is 0.174. The van der Waals surface area contributed by atoms with Gasteiger partial charge in [-0.05, 0) is 48.7 Å². The Morgan fingerprint density at radius 2 is 1.79 bits per heavy atom. The first kappa shape index (κ1) is 19.3. The van der Waals surface area contributed by atoms with Gasteiger partial charge in [-0.2, -0.15) is 0 Å². The number of nitrogens with zero attached hydrogens (tertiary/aromatic N) is 1. The zero-order valence-electron chi connectivity index (χ0n) is 15.8. The summed E-state index contributed by atoms with van der Waals surface area (Å²) in [4.78, 5) is 28.1. The van der Waals surface area contributed by atoms with Gasteiger partial charge in [-0.25, -0.2) is 0 Å². The molecule has 2 N–H and O–H groups in total. The summed E-state index contributed by atoms with van der Waals surface area (Å²) in [5.41, 5.74) is 4.59. The van der Waals surface area contributed by atoms with Crippen LogP contribution in [0.25, 0.3) is 0 Å². The van der Waals surface area contributed by atoms with Crippen LogP contribution in [0, 0.1) is 6.92 Å². The molecular weight excluding hydrogens is 350 g/mol. The topological polar surface area (TPSA) is 71.1 Å². The number of carbonyl (C=O) groups excluding carboxylic acids is 2. The molecule has 142 valence electrons. The minimum absolute atomic E-state index is 0.0147. The average molecular weight is 373 g/mol. The smallest absolute Gasteiger partial charge is 0.253 e. The van der Waals surface area contributed by atoms with E-state index in [4.69, 9.17) is 0 Å². The number of benzene rings is 2. The lowest BCUT2D eigenvalue weighted by Crippen LogP contribution is -2.22. The van der Waals surface area contributed by atoms with Crippen LogP contribution >= 0.6 is 0 Å². The minimum Gasteiger partial charge on any atom is -0.348 e. The maximum absolute atomic E-state index is 12.2. The van der Waals surface area contributed by atoms with Crippen molar-refractivity contribution in [1.29, 1.82) is 0 Å². The number of hydrogen-bond donors (Lipinski definition) is 2. The fourth-order valence-electron chi connectivity index (χ4n) is 2.84. The number of aromatic nitrogens is 1. The normalized spacial score (nSPS) is 10.3. The highest BCUT2D eigenvalue weighted by Crippen LogP contribution is 2.12. The molecule has 0 unspecified atom stereocenters. The number of rotatable bonds is 7. The molecule has 0 saturated carbocycles. The van der Waals surface area contributed by atoms with Crippen molar-refractivity contribution in [2.75, 3.05) is 5.32 Å². The van der Waals surface area contributed by atoms with Crippen LogP contribution in [0.2, 0.25) is 0 Å². The van der Waals surface area contributed by atoms with E-state index in [1.165, 1.54) is 11.8 Å². The monoisotopic (exact) mass is 373 g/mol. The zero-order valence-corrected chi connectivity index (χ0v) is 15.8. The average Bonchev–Trinajstić information content (AvgIpc) is 2.72. The highest BCUT2D eigenvalue weighted by molar-refractivity contribution is 5.93. The number of pyridine rings is 1. The largest absolute Gasteiger partial charge is 0.348 e. The van der Waals surface area contributed by atoms with Crippen molar-refractivity contribution < 1.29 is 9.59 Å². The van der Waals surface area contributed by atoms with Crippen LogP contribution < -0.4 is 10.6 Å². The second kappa shape index (κ2) is 9.46. The third-order valence-electron chi connectivity index (χ3n) is 4.34. The van der Waals surface area contributed by atoms with E-state index >= 15 is 0 Å². The molecule has 3 aromatic rings. The Morgan fingerprint density at radius 3 is 2.50 bits per heavy atom. The number of nitrogens with one attached hydrogen (secondary N) is 2. The van der Waals surface area contributed by atoms with Gasteiger partial charge in [-0.3, -0.25) is 14.6 Å². The second-order valence-corrected chi connectivity index (χ2v) is 6.66. The maximum Gasteiger partial charge on any atom is 0.253 e. The predicted octanol–water partition coefficient (Wildman–Crippen LogP) is 3.89. The predicted molar refractivity (Wildman–Crippen MR) is 110 cm³/mol. The van der Waals surface area contributed by atoms with Crippen LogP contribution in [-0.4, -0.2) is 16.8 Å². The first-order valence-electron chi connectivity index (χ1n) is 9.23. The van der Waals surface area contributed by atoms with Crippen molar-refractivity contribution in [3.63, 3.8) is 0 Å². The van der Waals surface area contributed by atoms with Crippen LogP contribution in [0.4, 0.5) is 5.69 Å². The fourth-order valence-corrected chi connectivity index (χ4v) is 2.84. The van der Waals surface area contributed by atoms with Crippen molar-refractivity contribution in [3.05, 3.63) is 95.3 Å². The molecule has 1 aromatic heterocycles. The molecule has 5 nitrogen and oxygen atoms in total. The molecular formula is C23H23N3O2. The molecule has 0 aliphatic carbocycles. The third kappa shape index (κ3) is 5.77. The molecule has 0 aliphatic heterocycles. The molecule has 0 atom stereocenters. The van der Waals surface area contributed by atoms with Crippen molar-refractivity contribution in [1.82, 2.24) is 10.3 Å². The van der Waals surface area contributed by atoms with Gasteiger partial charge in [0.2, 0.25) is 5.91 Å².